The molecule has 0 aliphatic carbocycles. The second-order valence-corrected chi connectivity index (χ2v) is 7.62. The van der Waals surface area contributed by atoms with Crippen LogP contribution in [0.1, 0.15) is 104 Å². The second-order valence-electron chi connectivity index (χ2n) is 7.62. The Morgan fingerprint density at radius 1 is 0.731 bits per heavy atom. The molecule has 4 nitrogen and oxygen atoms in total. The topological polar surface area (TPSA) is 58.4 Å². The minimum absolute atomic E-state index is 0.195. The van der Waals surface area contributed by atoms with Gasteiger partial charge in [0.25, 0.3) is 0 Å². The largest absolute Gasteiger partial charge is 0.356 e. The molecule has 0 fully saturated rings. The van der Waals surface area contributed by atoms with E-state index >= 15 is 0 Å². The summed E-state index contributed by atoms with van der Waals surface area (Å²) in [6.45, 7) is 8.82. The van der Waals surface area contributed by atoms with E-state index in [9.17, 15) is 4.79 Å². The summed E-state index contributed by atoms with van der Waals surface area (Å²) < 4.78 is 0. The number of hydrogen-bond acceptors (Lipinski definition) is 3. The molecule has 3 N–H and O–H groups in total. The Balaban J connectivity index is 3.52. The van der Waals surface area contributed by atoms with Crippen LogP contribution in [0.2, 0.25) is 0 Å². The summed E-state index contributed by atoms with van der Waals surface area (Å²) in [7, 11) is 0. The van der Waals surface area contributed by atoms with E-state index in [1.54, 1.807) is 0 Å². The molecule has 0 heterocycles. The van der Waals surface area contributed by atoms with Crippen molar-refractivity contribution in [3.8, 4) is 0 Å². The fourth-order valence-corrected chi connectivity index (χ4v) is 3.29. The third-order valence-electron chi connectivity index (χ3n) is 5.03. The molecule has 156 valence electrons. The van der Waals surface area contributed by atoms with E-state index in [1.165, 1.54) is 77.0 Å². The normalized spacial score (nSPS) is 11.2. The maximum atomic E-state index is 12.0. The number of carbonyl (C=O) groups is 1. The first-order valence-electron chi connectivity index (χ1n) is 11.4. The molecule has 1 amide bonds. The number of amides is 1. The third-order valence-corrected chi connectivity index (χ3v) is 5.03. The third kappa shape index (κ3) is 18.2. The number of nitrogens with one attached hydrogen (secondary N) is 1. The number of hydrogen-bond donors (Lipinski definition) is 2. The van der Waals surface area contributed by atoms with Crippen LogP contribution in [0.25, 0.3) is 0 Å². The zero-order valence-corrected chi connectivity index (χ0v) is 17.9. The minimum Gasteiger partial charge on any atom is -0.356 e. The smallest absolute Gasteiger partial charge is 0.221 e. The monoisotopic (exact) mass is 369 g/mol. The molecule has 0 aliphatic rings. The van der Waals surface area contributed by atoms with E-state index in [4.69, 9.17) is 5.73 Å². The lowest BCUT2D eigenvalue weighted by Gasteiger charge is -2.21. The lowest BCUT2D eigenvalue weighted by Crippen LogP contribution is -2.35. The van der Waals surface area contributed by atoms with Gasteiger partial charge in [0.2, 0.25) is 5.91 Å². The molecule has 0 atom stereocenters. The molecule has 0 unspecified atom stereocenters. The van der Waals surface area contributed by atoms with Crippen molar-refractivity contribution in [3.05, 3.63) is 0 Å². The van der Waals surface area contributed by atoms with Crippen molar-refractivity contribution in [1.82, 2.24) is 10.2 Å². The van der Waals surface area contributed by atoms with Crippen molar-refractivity contribution in [1.29, 1.82) is 0 Å². The van der Waals surface area contributed by atoms with Crippen LogP contribution in [-0.2, 0) is 4.79 Å². The van der Waals surface area contributed by atoms with Crippen molar-refractivity contribution in [2.75, 3.05) is 32.7 Å². The lowest BCUT2D eigenvalue weighted by molar-refractivity contribution is -0.121. The molecule has 0 spiro atoms. The molecule has 0 aromatic heterocycles. The Morgan fingerprint density at radius 2 is 1.27 bits per heavy atom. The standard InChI is InChI=1S/C22H47N3O/c1-3-5-7-9-10-11-12-13-14-18-24-22(26)16-20-25(21-17-23)19-15-8-6-4-2/h3-21,23H2,1-2H3,(H,24,26). The highest BCUT2D eigenvalue weighted by molar-refractivity contribution is 5.75. The summed E-state index contributed by atoms with van der Waals surface area (Å²) in [5.41, 5.74) is 5.70. The average molecular weight is 370 g/mol. The summed E-state index contributed by atoms with van der Waals surface area (Å²) in [4.78, 5) is 14.3. The Hall–Kier alpha value is -0.610. The van der Waals surface area contributed by atoms with Gasteiger partial charge in [-0.05, 0) is 19.4 Å². The molecule has 0 rings (SSSR count). The zero-order chi connectivity index (χ0) is 19.3. The van der Waals surface area contributed by atoms with E-state index in [1.807, 2.05) is 0 Å². The van der Waals surface area contributed by atoms with Crippen molar-refractivity contribution < 1.29 is 4.79 Å². The molecule has 0 saturated heterocycles. The van der Waals surface area contributed by atoms with Crippen LogP contribution in [0.3, 0.4) is 0 Å². The highest BCUT2D eigenvalue weighted by Crippen LogP contribution is 2.09. The van der Waals surface area contributed by atoms with E-state index in [2.05, 4.69) is 24.1 Å². The average Bonchev–Trinajstić information content (AvgIpc) is 2.64. The van der Waals surface area contributed by atoms with Gasteiger partial charge >= 0.3 is 0 Å². The van der Waals surface area contributed by atoms with Crippen LogP contribution >= 0.6 is 0 Å². The van der Waals surface area contributed by atoms with Crippen LogP contribution in [0.4, 0.5) is 0 Å². The number of carbonyl (C=O) groups excluding carboxylic acids is 1. The highest BCUT2D eigenvalue weighted by Gasteiger charge is 2.07. The van der Waals surface area contributed by atoms with Crippen LogP contribution in [0, 0.1) is 0 Å². The number of nitrogens with zero attached hydrogens (tertiary/aromatic N) is 1. The van der Waals surface area contributed by atoms with Crippen molar-refractivity contribution >= 4 is 5.91 Å². The van der Waals surface area contributed by atoms with Crippen LogP contribution in [-0.4, -0.2) is 43.5 Å². The fraction of sp³-hybridized carbons (Fsp3) is 0.955. The molecule has 0 aliphatic heterocycles. The molecule has 0 aromatic carbocycles. The van der Waals surface area contributed by atoms with E-state index < -0.39 is 0 Å². The SMILES string of the molecule is CCCCCCCCCCCNC(=O)CCN(CCN)CCCCCC. The second kappa shape index (κ2) is 20.7. The molecule has 0 saturated carbocycles. The number of nitrogens with two attached hydrogens (primary N) is 1. The van der Waals surface area contributed by atoms with Crippen molar-refractivity contribution in [2.24, 2.45) is 5.73 Å². The van der Waals surface area contributed by atoms with E-state index in [0.29, 0.717) is 13.0 Å². The van der Waals surface area contributed by atoms with E-state index in [0.717, 1.165) is 32.6 Å². The Morgan fingerprint density at radius 3 is 1.85 bits per heavy atom. The first kappa shape index (κ1) is 25.4. The first-order valence-corrected chi connectivity index (χ1v) is 11.4. The maximum absolute atomic E-state index is 12.0. The number of unbranched alkanes of at least 4 members (excludes halogenated alkanes) is 11. The van der Waals surface area contributed by atoms with Gasteiger partial charge in [-0.15, -0.1) is 0 Å². The van der Waals surface area contributed by atoms with Gasteiger partial charge in [0, 0.05) is 32.6 Å². The number of rotatable bonds is 20. The van der Waals surface area contributed by atoms with Gasteiger partial charge in [0.05, 0.1) is 0 Å². The predicted molar refractivity (Wildman–Crippen MR) is 114 cm³/mol. The first-order chi connectivity index (χ1) is 12.7. The summed E-state index contributed by atoms with van der Waals surface area (Å²) in [6.07, 6.45) is 17.5. The molecule has 0 bridgehead atoms. The lowest BCUT2D eigenvalue weighted by atomic mass is 10.1. The molecular formula is C22H47N3O. The van der Waals surface area contributed by atoms with Gasteiger partial charge in [0.1, 0.15) is 0 Å². The van der Waals surface area contributed by atoms with Crippen LogP contribution in [0.15, 0.2) is 0 Å². The van der Waals surface area contributed by atoms with Crippen molar-refractivity contribution in [3.63, 3.8) is 0 Å². The molecule has 0 aromatic rings. The van der Waals surface area contributed by atoms with Gasteiger partial charge in [-0.25, -0.2) is 0 Å². The van der Waals surface area contributed by atoms with Gasteiger partial charge in [0.15, 0.2) is 0 Å². The van der Waals surface area contributed by atoms with Crippen LogP contribution in [0.5, 0.6) is 0 Å². The Kier molecular flexibility index (Phi) is 20.2. The highest BCUT2D eigenvalue weighted by atomic mass is 16.1. The summed E-state index contributed by atoms with van der Waals surface area (Å²) in [6, 6.07) is 0. The van der Waals surface area contributed by atoms with Gasteiger partial charge in [-0.3, -0.25) is 4.79 Å². The maximum Gasteiger partial charge on any atom is 0.221 e. The Bertz CT molecular complexity index is 297. The minimum atomic E-state index is 0.195. The summed E-state index contributed by atoms with van der Waals surface area (Å²) in [5.74, 6) is 0.195. The predicted octanol–water partition coefficient (Wildman–Crippen LogP) is 4.86. The molecule has 0 radical (unpaired) electrons. The molecule has 4 heteroatoms. The van der Waals surface area contributed by atoms with E-state index in [-0.39, 0.29) is 5.91 Å². The molecular weight excluding hydrogens is 322 g/mol. The van der Waals surface area contributed by atoms with Gasteiger partial charge in [-0.1, -0.05) is 84.5 Å². The van der Waals surface area contributed by atoms with Crippen LogP contribution < -0.4 is 11.1 Å². The Labute approximate surface area is 163 Å². The quantitative estimate of drug-likeness (QED) is 0.301. The summed E-state index contributed by atoms with van der Waals surface area (Å²) >= 11 is 0. The molecule has 26 heavy (non-hydrogen) atoms. The fourth-order valence-electron chi connectivity index (χ4n) is 3.29. The zero-order valence-electron chi connectivity index (χ0n) is 17.9. The van der Waals surface area contributed by atoms with Gasteiger partial charge in [-0.2, -0.15) is 0 Å². The summed E-state index contributed by atoms with van der Waals surface area (Å²) in [5, 5.41) is 3.08. The van der Waals surface area contributed by atoms with Crippen molar-refractivity contribution in [2.45, 2.75) is 104 Å². The van der Waals surface area contributed by atoms with Gasteiger partial charge < -0.3 is 16.0 Å².